The van der Waals surface area contributed by atoms with Crippen LogP contribution in [0.4, 0.5) is 13.2 Å². The van der Waals surface area contributed by atoms with Crippen molar-refractivity contribution in [3.05, 3.63) is 11.5 Å². The minimum Gasteiger partial charge on any atom is -0.411 e. The van der Waals surface area contributed by atoms with Crippen LogP contribution >= 0.6 is 11.8 Å². The normalized spacial score (nSPS) is 29.7. The van der Waals surface area contributed by atoms with Crippen LogP contribution in [0.1, 0.15) is 6.92 Å². The van der Waals surface area contributed by atoms with Crippen molar-refractivity contribution in [2.45, 2.75) is 18.3 Å². The number of hydrogen-bond donors (Lipinski definition) is 1. The molecule has 13 heavy (non-hydrogen) atoms. The Morgan fingerprint density at radius 2 is 2.15 bits per heavy atom. The lowest BCUT2D eigenvalue weighted by Gasteiger charge is -2.17. The summed E-state index contributed by atoms with van der Waals surface area (Å²) in [6.45, 7) is 1.65. The van der Waals surface area contributed by atoms with Gasteiger partial charge < -0.3 is 5.21 Å². The van der Waals surface area contributed by atoms with Crippen molar-refractivity contribution in [1.82, 2.24) is 0 Å². The summed E-state index contributed by atoms with van der Waals surface area (Å²) in [5, 5.41) is 11.4. The van der Waals surface area contributed by atoms with Gasteiger partial charge in [0.25, 0.3) is 0 Å². The highest BCUT2D eigenvalue weighted by atomic mass is 32.2. The van der Waals surface area contributed by atoms with Crippen molar-refractivity contribution in [1.29, 1.82) is 0 Å². The van der Waals surface area contributed by atoms with Crippen molar-refractivity contribution < 1.29 is 18.4 Å². The molecule has 0 bridgehead atoms. The first-order valence-corrected chi connectivity index (χ1v) is 4.52. The van der Waals surface area contributed by atoms with Crippen LogP contribution in [-0.4, -0.2) is 22.3 Å². The molecule has 1 aliphatic heterocycles. The molecule has 2 unspecified atom stereocenters. The number of alkyl halides is 3. The summed E-state index contributed by atoms with van der Waals surface area (Å²) in [7, 11) is 0. The summed E-state index contributed by atoms with van der Waals surface area (Å²) in [6.07, 6.45) is -2.89. The summed E-state index contributed by atoms with van der Waals surface area (Å²) in [5.74, 6) is -0.252. The number of halogens is 3. The van der Waals surface area contributed by atoms with Crippen LogP contribution in [0.25, 0.3) is 0 Å². The molecular formula is C7H8F3NOS. The van der Waals surface area contributed by atoms with Gasteiger partial charge in [0, 0.05) is 0 Å². The molecule has 0 aromatic carbocycles. The van der Waals surface area contributed by atoms with Crippen LogP contribution in [0.5, 0.6) is 0 Å². The standard InChI is InChI=1S/C7H8F3NOS/c1-4-2-3-13-5(4)6(11-12)7(8,9)10/h2-5,12H,1H3. The van der Waals surface area contributed by atoms with E-state index >= 15 is 0 Å². The minimum atomic E-state index is -4.55. The molecule has 1 rings (SSSR count). The van der Waals surface area contributed by atoms with Gasteiger partial charge in [0.05, 0.1) is 5.25 Å². The van der Waals surface area contributed by atoms with Gasteiger partial charge in [-0.2, -0.15) is 13.2 Å². The van der Waals surface area contributed by atoms with E-state index < -0.39 is 17.1 Å². The first-order chi connectivity index (χ1) is 5.96. The van der Waals surface area contributed by atoms with Gasteiger partial charge in [-0.15, -0.1) is 11.8 Å². The molecule has 0 aromatic rings. The predicted octanol–water partition coefficient (Wildman–Crippen LogP) is 2.64. The number of allylic oxidation sites excluding steroid dienone is 1. The lowest BCUT2D eigenvalue weighted by atomic mass is 10.0. The molecule has 2 nitrogen and oxygen atoms in total. The van der Waals surface area contributed by atoms with Crippen molar-refractivity contribution in [2.75, 3.05) is 0 Å². The second kappa shape index (κ2) is 3.61. The van der Waals surface area contributed by atoms with Crippen LogP contribution < -0.4 is 0 Å². The van der Waals surface area contributed by atoms with Gasteiger partial charge in [-0.05, 0) is 11.3 Å². The molecule has 0 amide bonds. The third kappa shape index (κ3) is 2.18. The second-order valence-electron chi connectivity index (χ2n) is 2.73. The van der Waals surface area contributed by atoms with Gasteiger partial charge in [0.1, 0.15) is 0 Å². The largest absolute Gasteiger partial charge is 0.433 e. The topological polar surface area (TPSA) is 32.6 Å². The predicted molar refractivity (Wildman–Crippen MR) is 45.0 cm³/mol. The van der Waals surface area contributed by atoms with Gasteiger partial charge in [0.2, 0.25) is 0 Å². The second-order valence-corrected chi connectivity index (χ2v) is 3.78. The van der Waals surface area contributed by atoms with Crippen molar-refractivity contribution in [3.63, 3.8) is 0 Å². The molecule has 74 valence electrons. The third-order valence-corrected chi connectivity index (χ3v) is 3.01. The molecule has 0 saturated heterocycles. The fraction of sp³-hybridized carbons (Fsp3) is 0.571. The molecule has 1 aliphatic rings. The Bertz CT molecular complexity index is 249. The molecular weight excluding hydrogens is 203 g/mol. The van der Waals surface area contributed by atoms with Gasteiger partial charge in [-0.1, -0.05) is 18.2 Å². The van der Waals surface area contributed by atoms with E-state index in [2.05, 4.69) is 5.16 Å². The van der Waals surface area contributed by atoms with E-state index in [-0.39, 0.29) is 5.92 Å². The highest BCUT2D eigenvalue weighted by Crippen LogP contribution is 2.35. The Labute approximate surface area is 77.5 Å². The Hall–Kier alpha value is -0.650. The quantitative estimate of drug-likeness (QED) is 0.411. The highest BCUT2D eigenvalue weighted by molar-refractivity contribution is 8.03. The number of thioether (sulfide) groups is 1. The average molecular weight is 211 g/mol. The maximum atomic E-state index is 12.2. The summed E-state index contributed by atoms with van der Waals surface area (Å²) in [6, 6.07) is 0. The zero-order chi connectivity index (χ0) is 10.1. The molecule has 0 radical (unpaired) electrons. The number of rotatable bonds is 1. The van der Waals surface area contributed by atoms with Crippen LogP contribution in [0.3, 0.4) is 0 Å². The van der Waals surface area contributed by atoms with Crippen LogP contribution in [0.2, 0.25) is 0 Å². The SMILES string of the molecule is CC1C=CSC1C(=NO)C(F)(F)F. The van der Waals surface area contributed by atoms with Gasteiger partial charge in [-0.3, -0.25) is 0 Å². The summed E-state index contributed by atoms with van der Waals surface area (Å²) >= 11 is 1.02. The fourth-order valence-electron chi connectivity index (χ4n) is 1.07. The van der Waals surface area contributed by atoms with E-state index in [1.807, 2.05) is 0 Å². The molecule has 1 heterocycles. The van der Waals surface area contributed by atoms with E-state index in [0.29, 0.717) is 0 Å². The summed E-state index contributed by atoms with van der Waals surface area (Å²) in [4.78, 5) is 0. The van der Waals surface area contributed by atoms with Crippen LogP contribution in [-0.2, 0) is 0 Å². The molecule has 2 atom stereocenters. The lowest BCUT2D eigenvalue weighted by Crippen LogP contribution is -2.34. The number of nitrogens with zero attached hydrogens (tertiary/aromatic N) is 1. The molecule has 1 N–H and O–H groups in total. The first kappa shape index (κ1) is 10.4. The molecule has 6 heteroatoms. The number of oxime groups is 1. The Morgan fingerprint density at radius 1 is 1.54 bits per heavy atom. The molecule has 0 spiro atoms. The van der Waals surface area contributed by atoms with E-state index in [1.54, 1.807) is 18.4 Å². The van der Waals surface area contributed by atoms with Gasteiger partial charge in [0.15, 0.2) is 5.71 Å². The van der Waals surface area contributed by atoms with Crippen molar-refractivity contribution in [3.8, 4) is 0 Å². The fourth-order valence-corrected chi connectivity index (χ4v) is 2.22. The Kier molecular flexibility index (Phi) is 2.90. The molecule has 0 fully saturated rings. The first-order valence-electron chi connectivity index (χ1n) is 3.58. The molecule has 0 aromatic heterocycles. The third-order valence-electron chi connectivity index (χ3n) is 1.75. The van der Waals surface area contributed by atoms with E-state index in [9.17, 15) is 13.2 Å². The number of hydrogen-bond acceptors (Lipinski definition) is 3. The minimum absolute atomic E-state index is 0.252. The van der Waals surface area contributed by atoms with E-state index in [4.69, 9.17) is 5.21 Å². The van der Waals surface area contributed by atoms with Crippen molar-refractivity contribution >= 4 is 17.5 Å². The zero-order valence-corrected chi connectivity index (χ0v) is 7.56. The van der Waals surface area contributed by atoms with E-state index in [1.165, 1.54) is 0 Å². The maximum absolute atomic E-state index is 12.2. The van der Waals surface area contributed by atoms with Crippen LogP contribution in [0, 0.1) is 5.92 Å². The van der Waals surface area contributed by atoms with E-state index in [0.717, 1.165) is 11.8 Å². The van der Waals surface area contributed by atoms with Crippen molar-refractivity contribution in [2.24, 2.45) is 11.1 Å². The average Bonchev–Trinajstić information content (AvgIpc) is 2.35. The monoisotopic (exact) mass is 211 g/mol. The smallest absolute Gasteiger partial charge is 0.411 e. The maximum Gasteiger partial charge on any atom is 0.433 e. The Balaban J connectivity index is 2.81. The molecule has 0 aliphatic carbocycles. The van der Waals surface area contributed by atoms with Gasteiger partial charge in [-0.25, -0.2) is 0 Å². The lowest BCUT2D eigenvalue weighted by molar-refractivity contribution is -0.0626. The van der Waals surface area contributed by atoms with Crippen LogP contribution in [0.15, 0.2) is 16.6 Å². The summed E-state index contributed by atoms with van der Waals surface area (Å²) < 4.78 is 36.6. The molecule has 0 saturated carbocycles. The summed E-state index contributed by atoms with van der Waals surface area (Å²) in [5.41, 5.74) is -1.12. The Morgan fingerprint density at radius 3 is 2.46 bits per heavy atom. The highest BCUT2D eigenvalue weighted by Gasteiger charge is 2.44. The zero-order valence-electron chi connectivity index (χ0n) is 6.75. The van der Waals surface area contributed by atoms with Gasteiger partial charge >= 0.3 is 6.18 Å².